The van der Waals surface area contributed by atoms with Crippen LogP contribution in [-0.4, -0.2) is 61.6 Å². The van der Waals surface area contributed by atoms with Gasteiger partial charge in [0.05, 0.1) is 19.6 Å². The summed E-state index contributed by atoms with van der Waals surface area (Å²) in [6.07, 6.45) is -7.72. The van der Waals surface area contributed by atoms with Crippen molar-refractivity contribution in [3.8, 4) is 0 Å². The average Bonchev–Trinajstić information content (AvgIpc) is 2.59. The summed E-state index contributed by atoms with van der Waals surface area (Å²) >= 11 is 0. The standard InChI is InChI=1S/C15H21F5O9S/c1-2-26-11(21)14(15(18,19)20,27-9-8-13(16,17)30(23,24)25)29-12(22)28-10-6-4-3-5-7-10/h10H,2-9H2,1H3,(H,23,24,25). The molecule has 1 aliphatic rings. The first-order chi connectivity index (χ1) is 13.7. The number of hydrogen-bond donors (Lipinski definition) is 1. The Bertz CT molecular complexity index is 704. The maximum atomic E-state index is 13.6. The van der Waals surface area contributed by atoms with Crippen LogP contribution in [0.5, 0.6) is 0 Å². The van der Waals surface area contributed by atoms with Gasteiger partial charge in [-0.3, -0.25) is 4.55 Å². The van der Waals surface area contributed by atoms with E-state index in [0.29, 0.717) is 25.7 Å². The molecule has 30 heavy (non-hydrogen) atoms. The van der Waals surface area contributed by atoms with Crippen LogP contribution in [0.1, 0.15) is 45.4 Å². The Labute approximate surface area is 168 Å². The highest BCUT2D eigenvalue weighted by molar-refractivity contribution is 7.86. The second-order valence-corrected chi connectivity index (χ2v) is 7.82. The Morgan fingerprint density at radius 3 is 2.10 bits per heavy atom. The second-order valence-electron chi connectivity index (χ2n) is 6.28. The van der Waals surface area contributed by atoms with Crippen LogP contribution >= 0.6 is 0 Å². The molecule has 0 spiro atoms. The van der Waals surface area contributed by atoms with Crippen molar-refractivity contribution in [3.05, 3.63) is 0 Å². The van der Waals surface area contributed by atoms with E-state index in [1.165, 1.54) is 0 Å². The van der Waals surface area contributed by atoms with Gasteiger partial charge in [-0.05, 0) is 32.6 Å². The maximum absolute atomic E-state index is 13.6. The lowest BCUT2D eigenvalue weighted by molar-refractivity contribution is -0.355. The van der Waals surface area contributed by atoms with Crippen LogP contribution in [0.25, 0.3) is 0 Å². The fourth-order valence-corrected chi connectivity index (χ4v) is 2.86. The van der Waals surface area contributed by atoms with Crippen molar-refractivity contribution in [2.45, 2.75) is 68.8 Å². The van der Waals surface area contributed by atoms with Crippen molar-refractivity contribution in [2.75, 3.05) is 13.2 Å². The molecule has 1 saturated carbocycles. The van der Waals surface area contributed by atoms with Gasteiger partial charge in [-0.1, -0.05) is 6.42 Å². The van der Waals surface area contributed by atoms with Crippen LogP contribution in [0.3, 0.4) is 0 Å². The Balaban J connectivity index is 3.07. The van der Waals surface area contributed by atoms with Crippen LogP contribution in [0.4, 0.5) is 26.7 Å². The highest BCUT2D eigenvalue weighted by Crippen LogP contribution is 2.38. The molecule has 1 fully saturated rings. The highest BCUT2D eigenvalue weighted by atomic mass is 32.2. The molecule has 0 bridgehead atoms. The fraction of sp³-hybridized carbons (Fsp3) is 0.867. The largest absolute Gasteiger partial charge is 0.511 e. The number of halogens is 5. The number of hydrogen-bond acceptors (Lipinski definition) is 8. The molecule has 1 unspecified atom stereocenters. The third kappa shape index (κ3) is 6.63. The van der Waals surface area contributed by atoms with Crippen molar-refractivity contribution in [2.24, 2.45) is 0 Å². The van der Waals surface area contributed by atoms with Crippen molar-refractivity contribution in [3.63, 3.8) is 0 Å². The van der Waals surface area contributed by atoms with E-state index in [1.807, 2.05) is 0 Å². The van der Waals surface area contributed by atoms with Crippen LogP contribution in [0, 0.1) is 0 Å². The Kier molecular flexibility index (Phi) is 8.80. The van der Waals surface area contributed by atoms with Crippen LogP contribution in [0.15, 0.2) is 0 Å². The lowest BCUT2D eigenvalue weighted by Crippen LogP contribution is -2.58. The van der Waals surface area contributed by atoms with E-state index in [9.17, 15) is 40.0 Å². The molecule has 1 rings (SSSR count). The van der Waals surface area contributed by atoms with Gasteiger partial charge in [-0.25, -0.2) is 9.59 Å². The van der Waals surface area contributed by atoms with E-state index in [1.54, 1.807) is 0 Å². The summed E-state index contributed by atoms with van der Waals surface area (Å²) in [4.78, 5) is 23.8. The van der Waals surface area contributed by atoms with Crippen LogP contribution < -0.4 is 0 Å². The highest BCUT2D eigenvalue weighted by Gasteiger charge is 2.68. The molecule has 0 heterocycles. The van der Waals surface area contributed by atoms with Gasteiger partial charge in [0.1, 0.15) is 6.10 Å². The first-order valence-electron chi connectivity index (χ1n) is 8.78. The molecule has 9 nitrogen and oxygen atoms in total. The molecule has 0 aromatic rings. The molecule has 0 aromatic carbocycles. The molecule has 0 radical (unpaired) electrons. The van der Waals surface area contributed by atoms with Gasteiger partial charge in [-0.15, -0.1) is 0 Å². The lowest BCUT2D eigenvalue weighted by Gasteiger charge is -2.32. The molecular weight excluding hydrogens is 451 g/mol. The first-order valence-corrected chi connectivity index (χ1v) is 10.2. The molecule has 1 atom stereocenters. The van der Waals surface area contributed by atoms with Crippen LogP contribution in [0.2, 0.25) is 0 Å². The summed E-state index contributed by atoms with van der Waals surface area (Å²) in [7, 11) is -5.97. The predicted octanol–water partition coefficient (Wildman–Crippen LogP) is 3.18. The van der Waals surface area contributed by atoms with Crippen molar-refractivity contribution in [1.82, 2.24) is 0 Å². The lowest BCUT2D eigenvalue weighted by atomic mass is 9.98. The molecule has 1 aliphatic carbocycles. The smallest absolute Gasteiger partial charge is 0.461 e. The van der Waals surface area contributed by atoms with Gasteiger partial charge in [0.25, 0.3) is 0 Å². The minimum atomic E-state index is -5.97. The van der Waals surface area contributed by atoms with E-state index in [2.05, 4.69) is 14.2 Å². The zero-order valence-electron chi connectivity index (χ0n) is 15.7. The summed E-state index contributed by atoms with van der Waals surface area (Å²) in [5.74, 6) is -6.77. The fourth-order valence-electron chi connectivity index (χ4n) is 2.51. The molecule has 0 aromatic heterocycles. The van der Waals surface area contributed by atoms with Gasteiger partial charge in [0.2, 0.25) is 0 Å². The Morgan fingerprint density at radius 1 is 1.07 bits per heavy atom. The molecular formula is C15H21F5O9S. The third-order valence-electron chi connectivity index (χ3n) is 4.04. The van der Waals surface area contributed by atoms with Crippen molar-refractivity contribution >= 4 is 22.2 Å². The summed E-state index contributed by atoms with van der Waals surface area (Å²) in [6.45, 7) is -1.27. The summed E-state index contributed by atoms with van der Waals surface area (Å²) in [5, 5.41) is -4.89. The topological polar surface area (TPSA) is 125 Å². The SMILES string of the molecule is CCOC(=O)C(OCCC(F)(F)S(=O)(=O)O)(OC(=O)OC1CCCCC1)C(F)(F)F. The number of esters is 1. The molecule has 1 N–H and O–H groups in total. The van der Waals surface area contributed by atoms with E-state index in [4.69, 9.17) is 9.29 Å². The number of carbonyl (C=O) groups excluding carboxylic acids is 2. The van der Waals surface area contributed by atoms with Gasteiger partial charge >= 0.3 is 39.5 Å². The van der Waals surface area contributed by atoms with Gasteiger partial charge in [-0.2, -0.15) is 30.4 Å². The Hall–Kier alpha value is -1.74. The van der Waals surface area contributed by atoms with Gasteiger partial charge < -0.3 is 18.9 Å². The van der Waals surface area contributed by atoms with E-state index < -0.39 is 65.2 Å². The maximum Gasteiger partial charge on any atom is 0.511 e. The van der Waals surface area contributed by atoms with Crippen molar-refractivity contribution in [1.29, 1.82) is 0 Å². The molecule has 176 valence electrons. The normalized spacial score (nSPS) is 18.4. The first kappa shape index (κ1) is 26.3. The number of ether oxygens (including phenoxy) is 4. The summed E-state index contributed by atoms with van der Waals surface area (Å²) < 4.78 is 114. The zero-order valence-corrected chi connectivity index (χ0v) is 16.6. The monoisotopic (exact) mass is 472 g/mol. The molecule has 0 saturated heterocycles. The second kappa shape index (κ2) is 10.0. The van der Waals surface area contributed by atoms with Gasteiger partial charge in [0, 0.05) is 0 Å². The quantitative estimate of drug-likeness (QED) is 0.233. The van der Waals surface area contributed by atoms with E-state index in [-0.39, 0.29) is 0 Å². The number of carbonyl (C=O) groups is 2. The van der Waals surface area contributed by atoms with E-state index in [0.717, 1.165) is 13.3 Å². The average molecular weight is 472 g/mol. The zero-order chi connectivity index (χ0) is 23.2. The number of rotatable bonds is 9. The molecule has 15 heteroatoms. The van der Waals surface area contributed by atoms with Gasteiger partial charge in [0.15, 0.2) is 0 Å². The molecule has 0 aliphatic heterocycles. The minimum Gasteiger partial charge on any atom is -0.461 e. The summed E-state index contributed by atoms with van der Waals surface area (Å²) in [5.41, 5.74) is 0. The number of alkyl halides is 5. The third-order valence-corrected chi connectivity index (χ3v) is 4.99. The van der Waals surface area contributed by atoms with Crippen LogP contribution in [-0.2, 0) is 33.9 Å². The van der Waals surface area contributed by atoms with Crippen molar-refractivity contribution < 1.29 is 63.5 Å². The predicted molar refractivity (Wildman–Crippen MR) is 86.9 cm³/mol. The Morgan fingerprint density at radius 2 is 1.63 bits per heavy atom. The minimum absolute atomic E-state index is 0.342. The summed E-state index contributed by atoms with van der Waals surface area (Å²) in [6, 6.07) is 0. The van der Waals surface area contributed by atoms with E-state index >= 15 is 0 Å². The molecule has 0 amide bonds.